The third kappa shape index (κ3) is 5.53. The van der Waals surface area contributed by atoms with Gasteiger partial charge in [0, 0.05) is 44.0 Å². The van der Waals surface area contributed by atoms with Gasteiger partial charge >= 0.3 is 0 Å². The molecular formula is C56H36N4. The van der Waals surface area contributed by atoms with Crippen molar-refractivity contribution >= 4 is 54.6 Å². The van der Waals surface area contributed by atoms with Gasteiger partial charge in [-0.15, -0.1) is 0 Å². The van der Waals surface area contributed by atoms with Gasteiger partial charge in [-0.05, 0) is 95.1 Å². The van der Waals surface area contributed by atoms with E-state index in [0.29, 0.717) is 0 Å². The van der Waals surface area contributed by atoms with Crippen LogP contribution >= 0.6 is 0 Å². The lowest BCUT2D eigenvalue weighted by Crippen LogP contribution is -1.97. The highest BCUT2D eigenvalue weighted by Crippen LogP contribution is 2.39. The molecule has 0 amide bonds. The molecule has 0 fully saturated rings. The molecule has 0 saturated carbocycles. The van der Waals surface area contributed by atoms with Gasteiger partial charge in [0.15, 0.2) is 0 Å². The number of benzene rings is 9. The van der Waals surface area contributed by atoms with Crippen LogP contribution in [0.3, 0.4) is 0 Å². The van der Waals surface area contributed by atoms with Gasteiger partial charge in [0.2, 0.25) is 0 Å². The lowest BCUT2D eigenvalue weighted by molar-refractivity contribution is 1.18. The molecule has 280 valence electrons. The fraction of sp³-hybridized carbons (Fsp3) is 0. The third-order valence-corrected chi connectivity index (χ3v) is 11.9. The molecule has 0 atom stereocenters. The summed E-state index contributed by atoms with van der Waals surface area (Å²) >= 11 is 0. The minimum absolute atomic E-state index is 0.874. The summed E-state index contributed by atoms with van der Waals surface area (Å²) in [5.74, 6) is 0. The lowest BCUT2D eigenvalue weighted by atomic mass is 10.0. The third-order valence-electron chi connectivity index (χ3n) is 11.9. The molecule has 0 spiro atoms. The van der Waals surface area contributed by atoms with Gasteiger partial charge in [-0.25, -0.2) is 9.97 Å². The maximum Gasteiger partial charge on any atom is 0.0973 e. The van der Waals surface area contributed by atoms with E-state index in [9.17, 15) is 0 Å². The van der Waals surface area contributed by atoms with Crippen molar-refractivity contribution in [3.05, 3.63) is 218 Å². The molecule has 0 unspecified atom stereocenters. The summed E-state index contributed by atoms with van der Waals surface area (Å²) in [5.41, 5.74) is 17.4. The smallest absolute Gasteiger partial charge is 0.0973 e. The van der Waals surface area contributed by atoms with E-state index in [1.54, 1.807) is 0 Å². The fourth-order valence-corrected chi connectivity index (χ4v) is 9.08. The van der Waals surface area contributed by atoms with Crippen molar-refractivity contribution in [2.45, 2.75) is 0 Å². The molecule has 0 aliphatic carbocycles. The van der Waals surface area contributed by atoms with Crippen LogP contribution in [-0.4, -0.2) is 19.1 Å². The number of para-hydroxylation sites is 4. The molecule has 0 aliphatic heterocycles. The minimum atomic E-state index is 0.874. The fourth-order valence-electron chi connectivity index (χ4n) is 9.08. The molecule has 0 N–H and O–H groups in total. The van der Waals surface area contributed by atoms with Crippen LogP contribution in [0, 0.1) is 0 Å². The first-order valence-electron chi connectivity index (χ1n) is 20.4. The summed E-state index contributed by atoms with van der Waals surface area (Å²) in [6.45, 7) is 0. The Labute approximate surface area is 346 Å². The molecule has 0 bridgehead atoms. The van der Waals surface area contributed by atoms with Gasteiger partial charge in [-0.2, -0.15) is 0 Å². The van der Waals surface area contributed by atoms with Crippen LogP contribution in [0.5, 0.6) is 0 Å². The standard InChI is InChI=1S/C56H36N4/c1-3-14-37(15-4-1)40-18-13-19-44(34-40)60-52-25-12-8-21-46(52)48-36-42(29-33-54(48)60)41-28-32-53-47(35-41)45-20-7-11-24-51(45)59(53)43-30-26-39(27-31-43)56-55(38-16-5-2-6-17-38)57-49-22-9-10-23-50(49)58-56/h1-36H. The number of fused-ring (bicyclic) bond motifs is 7. The van der Waals surface area contributed by atoms with Crippen molar-refractivity contribution in [1.82, 2.24) is 19.1 Å². The first kappa shape index (κ1) is 34.0. The van der Waals surface area contributed by atoms with Crippen molar-refractivity contribution in [3.63, 3.8) is 0 Å². The van der Waals surface area contributed by atoms with Crippen LogP contribution in [0.25, 0.3) is 111 Å². The predicted octanol–water partition coefficient (Wildman–Crippen LogP) is 14.5. The number of rotatable bonds is 6. The quantitative estimate of drug-likeness (QED) is 0.169. The van der Waals surface area contributed by atoms with Gasteiger partial charge in [0.25, 0.3) is 0 Å². The molecule has 4 heteroatoms. The molecular weight excluding hydrogens is 729 g/mol. The first-order valence-corrected chi connectivity index (χ1v) is 20.4. The summed E-state index contributed by atoms with van der Waals surface area (Å²) in [6.07, 6.45) is 0. The Morgan fingerprint density at radius 2 is 0.667 bits per heavy atom. The molecule has 0 saturated heterocycles. The minimum Gasteiger partial charge on any atom is -0.309 e. The second-order valence-corrected chi connectivity index (χ2v) is 15.4. The summed E-state index contributed by atoms with van der Waals surface area (Å²) in [5, 5.41) is 4.92. The Balaban J connectivity index is 0.958. The maximum absolute atomic E-state index is 5.15. The zero-order valence-electron chi connectivity index (χ0n) is 32.6. The van der Waals surface area contributed by atoms with E-state index in [-0.39, 0.29) is 0 Å². The average Bonchev–Trinajstić information content (AvgIpc) is 3.84. The van der Waals surface area contributed by atoms with Crippen molar-refractivity contribution in [2.24, 2.45) is 0 Å². The van der Waals surface area contributed by atoms with E-state index in [1.807, 2.05) is 30.3 Å². The molecule has 4 nitrogen and oxygen atoms in total. The zero-order valence-corrected chi connectivity index (χ0v) is 32.6. The largest absolute Gasteiger partial charge is 0.309 e. The van der Waals surface area contributed by atoms with E-state index < -0.39 is 0 Å². The van der Waals surface area contributed by atoms with Gasteiger partial charge in [-0.3, -0.25) is 0 Å². The molecule has 0 radical (unpaired) electrons. The average molecular weight is 765 g/mol. The molecule has 12 aromatic rings. The van der Waals surface area contributed by atoms with Crippen molar-refractivity contribution in [2.75, 3.05) is 0 Å². The van der Waals surface area contributed by atoms with E-state index >= 15 is 0 Å². The van der Waals surface area contributed by atoms with E-state index in [4.69, 9.17) is 9.97 Å². The van der Waals surface area contributed by atoms with Crippen LogP contribution in [-0.2, 0) is 0 Å². The molecule has 3 heterocycles. The molecule has 3 aromatic heterocycles. The van der Waals surface area contributed by atoms with Crippen LogP contribution < -0.4 is 0 Å². The van der Waals surface area contributed by atoms with Crippen molar-refractivity contribution in [3.8, 4) is 56.1 Å². The highest BCUT2D eigenvalue weighted by atomic mass is 15.0. The van der Waals surface area contributed by atoms with Crippen molar-refractivity contribution < 1.29 is 0 Å². The van der Waals surface area contributed by atoms with Gasteiger partial charge < -0.3 is 9.13 Å². The van der Waals surface area contributed by atoms with Gasteiger partial charge in [0.05, 0.1) is 44.5 Å². The normalized spacial score (nSPS) is 11.7. The van der Waals surface area contributed by atoms with Gasteiger partial charge in [-0.1, -0.05) is 146 Å². The molecule has 9 aromatic carbocycles. The number of nitrogens with zero attached hydrogens (tertiary/aromatic N) is 4. The highest BCUT2D eigenvalue weighted by Gasteiger charge is 2.18. The highest BCUT2D eigenvalue weighted by molar-refractivity contribution is 6.12. The van der Waals surface area contributed by atoms with E-state index in [0.717, 1.165) is 44.9 Å². The monoisotopic (exact) mass is 764 g/mol. The van der Waals surface area contributed by atoms with Crippen LogP contribution in [0.4, 0.5) is 0 Å². The molecule has 0 aliphatic rings. The van der Waals surface area contributed by atoms with Crippen molar-refractivity contribution in [1.29, 1.82) is 0 Å². The second-order valence-electron chi connectivity index (χ2n) is 15.4. The Morgan fingerprint density at radius 1 is 0.250 bits per heavy atom. The first-order chi connectivity index (χ1) is 29.7. The summed E-state index contributed by atoms with van der Waals surface area (Å²) in [4.78, 5) is 10.2. The Morgan fingerprint density at radius 3 is 1.25 bits per heavy atom. The zero-order chi connectivity index (χ0) is 39.6. The number of aromatic nitrogens is 4. The van der Waals surface area contributed by atoms with E-state index in [2.05, 4.69) is 197 Å². The topological polar surface area (TPSA) is 35.6 Å². The summed E-state index contributed by atoms with van der Waals surface area (Å²) in [7, 11) is 0. The van der Waals surface area contributed by atoms with Gasteiger partial charge in [0.1, 0.15) is 0 Å². The number of hydrogen-bond acceptors (Lipinski definition) is 2. The Hall–Kier alpha value is -8.08. The maximum atomic E-state index is 5.15. The number of hydrogen-bond donors (Lipinski definition) is 0. The molecule has 12 rings (SSSR count). The summed E-state index contributed by atoms with van der Waals surface area (Å²) in [6, 6.07) is 78.0. The Kier molecular flexibility index (Phi) is 7.82. The van der Waals surface area contributed by atoms with Crippen LogP contribution in [0.2, 0.25) is 0 Å². The molecule has 60 heavy (non-hydrogen) atoms. The lowest BCUT2D eigenvalue weighted by Gasteiger charge is -2.13. The van der Waals surface area contributed by atoms with Crippen LogP contribution in [0.1, 0.15) is 0 Å². The summed E-state index contributed by atoms with van der Waals surface area (Å²) < 4.78 is 4.78. The van der Waals surface area contributed by atoms with E-state index in [1.165, 1.54) is 65.9 Å². The Bertz CT molecular complexity index is 3580. The van der Waals surface area contributed by atoms with Crippen LogP contribution in [0.15, 0.2) is 218 Å². The second kappa shape index (κ2) is 13.8. The predicted molar refractivity (Wildman–Crippen MR) is 250 cm³/mol. The SMILES string of the molecule is c1ccc(-c2cccc(-n3c4ccccc4c4cc(-c5ccc6c(c5)c5ccccc5n6-c5ccc(-c6nc7ccccc7nc6-c6ccccc6)cc5)ccc43)c2)cc1.